The van der Waals surface area contributed by atoms with E-state index >= 15 is 0 Å². The topological polar surface area (TPSA) is 61.8 Å². The fraction of sp³-hybridized carbons (Fsp3) is 0.294. The van der Waals surface area contributed by atoms with Crippen LogP contribution in [0.5, 0.6) is 5.75 Å². The van der Waals surface area contributed by atoms with Crippen LogP contribution in [0, 0.1) is 0 Å². The molecule has 2 aromatic rings. The smallest absolute Gasteiger partial charge is 0.382 e. The van der Waals surface area contributed by atoms with Crippen molar-refractivity contribution in [2.75, 3.05) is 13.2 Å². The predicted octanol–water partition coefficient (Wildman–Crippen LogP) is 3.57. The molecule has 2 aromatic carbocycles. The highest BCUT2D eigenvalue weighted by Gasteiger charge is 2.13. The second-order valence-electron chi connectivity index (χ2n) is 4.33. The van der Waals surface area contributed by atoms with E-state index in [2.05, 4.69) is 0 Å². The van der Waals surface area contributed by atoms with Crippen LogP contribution in [-0.2, 0) is 25.9 Å². The van der Waals surface area contributed by atoms with E-state index in [0.717, 1.165) is 18.8 Å². The van der Waals surface area contributed by atoms with Crippen molar-refractivity contribution in [1.29, 1.82) is 0 Å². The number of hydrogen-bond acceptors (Lipinski definition) is 5. The maximum atomic E-state index is 11.5. The van der Waals surface area contributed by atoms with E-state index in [-0.39, 0.29) is 12.4 Å². The molecule has 0 aliphatic heterocycles. The molecule has 0 radical (unpaired) electrons. The van der Waals surface area contributed by atoms with Gasteiger partial charge in [0.05, 0.1) is 6.61 Å². The maximum absolute atomic E-state index is 11.5. The molecule has 0 atom stereocenters. The Hall–Kier alpha value is -1.89. The van der Waals surface area contributed by atoms with Gasteiger partial charge in [0.15, 0.2) is 0 Å². The molecular formula is C17H22O5S. The Morgan fingerprint density at radius 1 is 0.826 bits per heavy atom. The minimum Gasteiger partial charge on any atom is -0.382 e. The van der Waals surface area contributed by atoms with Crippen LogP contribution in [0.2, 0.25) is 0 Å². The van der Waals surface area contributed by atoms with Crippen LogP contribution >= 0.6 is 0 Å². The molecule has 0 aromatic heterocycles. The number of benzene rings is 2. The van der Waals surface area contributed by atoms with Crippen LogP contribution in [-0.4, -0.2) is 21.6 Å². The van der Waals surface area contributed by atoms with E-state index in [1.165, 1.54) is 0 Å². The first-order chi connectivity index (χ1) is 11.1. The minimum atomic E-state index is -4.03. The average molecular weight is 338 g/mol. The van der Waals surface area contributed by atoms with Gasteiger partial charge in [0.2, 0.25) is 0 Å². The summed E-state index contributed by atoms with van der Waals surface area (Å²) in [5.74, 6) is 0.227. The lowest BCUT2D eigenvalue weighted by molar-refractivity contribution is 0.162. The zero-order chi connectivity index (χ0) is 17.0. The van der Waals surface area contributed by atoms with Crippen molar-refractivity contribution in [2.45, 2.75) is 20.5 Å². The molecule has 0 fully saturated rings. The standard InChI is InChI=1S/C13H12O4S.C4H10O/c14-18(15,17-13-9-5-2-6-10-13)16-11-12-7-3-1-4-8-12;1-3-5-4-2/h1-10H,11H2;3-4H2,1-2H3. The van der Waals surface area contributed by atoms with Gasteiger partial charge in [-0.1, -0.05) is 48.5 Å². The van der Waals surface area contributed by atoms with Gasteiger partial charge in [0.1, 0.15) is 5.75 Å². The van der Waals surface area contributed by atoms with E-state index in [4.69, 9.17) is 13.1 Å². The molecular weight excluding hydrogens is 316 g/mol. The molecule has 0 saturated carbocycles. The second-order valence-corrected chi connectivity index (χ2v) is 5.55. The Kier molecular flexibility index (Phi) is 8.97. The summed E-state index contributed by atoms with van der Waals surface area (Å²) in [5.41, 5.74) is 0.762. The SMILES string of the molecule is CCOCC.O=S(=O)(OCc1ccccc1)Oc1ccccc1. The third-order valence-electron chi connectivity index (χ3n) is 2.56. The lowest BCUT2D eigenvalue weighted by Gasteiger charge is -2.06. The molecule has 0 spiro atoms. The van der Waals surface area contributed by atoms with Crippen molar-refractivity contribution >= 4 is 10.4 Å². The summed E-state index contributed by atoms with van der Waals surface area (Å²) in [6.07, 6.45) is 0. The molecule has 0 aliphatic rings. The third-order valence-corrected chi connectivity index (χ3v) is 3.37. The van der Waals surface area contributed by atoms with E-state index in [0.29, 0.717) is 0 Å². The van der Waals surface area contributed by atoms with Crippen LogP contribution in [0.15, 0.2) is 60.7 Å². The molecule has 0 saturated heterocycles. The Morgan fingerprint density at radius 3 is 1.83 bits per heavy atom. The fourth-order valence-electron chi connectivity index (χ4n) is 1.54. The van der Waals surface area contributed by atoms with Crippen LogP contribution < -0.4 is 4.18 Å². The molecule has 0 unspecified atom stereocenters. The Bertz CT molecular complexity index is 625. The Labute approximate surface area is 138 Å². The quantitative estimate of drug-likeness (QED) is 0.772. The number of rotatable bonds is 7. The van der Waals surface area contributed by atoms with Crippen molar-refractivity contribution < 1.29 is 21.5 Å². The zero-order valence-corrected chi connectivity index (χ0v) is 14.2. The summed E-state index contributed by atoms with van der Waals surface area (Å²) in [7, 11) is -4.03. The van der Waals surface area contributed by atoms with Crippen molar-refractivity contribution in [3.63, 3.8) is 0 Å². The molecule has 0 aliphatic carbocycles. The fourth-order valence-corrected chi connectivity index (χ4v) is 2.21. The molecule has 5 nitrogen and oxygen atoms in total. The van der Waals surface area contributed by atoms with E-state index in [1.807, 2.05) is 32.0 Å². The number of hydrogen-bond donors (Lipinski definition) is 0. The molecule has 0 heterocycles. The summed E-state index contributed by atoms with van der Waals surface area (Å²) in [5, 5.41) is 0. The van der Waals surface area contributed by atoms with Gasteiger partial charge >= 0.3 is 10.4 Å². The molecule has 2 rings (SSSR count). The largest absolute Gasteiger partial charge is 0.449 e. The number of ether oxygens (including phenoxy) is 1. The molecule has 0 N–H and O–H groups in total. The Morgan fingerprint density at radius 2 is 1.35 bits per heavy atom. The highest BCUT2D eigenvalue weighted by Crippen LogP contribution is 2.13. The third kappa shape index (κ3) is 8.97. The molecule has 126 valence electrons. The summed E-state index contributed by atoms with van der Waals surface area (Å²) < 4.78 is 37.4. The normalized spacial score (nSPS) is 10.5. The van der Waals surface area contributed by atoms with Gasteiger partial charge in [-0.3, -0.25) is 0 Å². The van der Waals surface area contributed by atoms with Gasteiger partial charge < -0.3 is 8.92 Å². The summed E-state index contributed by atoms with van der Waals surface area (Å²) in [6, 6.07) is 17.2. The predicted molar refractivity (Wildman–Crippen MR) is 89.4 cm³/mol. The average Bonchev–Trinajstić information content (AvgIpc) is 2.56. The second kappa shape index (κ2) is 10.8. The van der Waals surface area contributed by atoms with Gasteiger partial charge in [-0.2, -0.15) is 8.42 Å². The van der Waals surface area contributed by atoms with E-state index in [1.54, 1.807) is 42.5 Å². The minimum absolute atomic E-state index is 0.0456. The van der Waals surface area contributed by atoms with Gasteiger partial charge in [0.25, 0.3) is 0 Å². The van der Waals surface area contributed by atoms with Gasteiger partial charge in [0, 0.05) is 13.2 Å². The summed E-state index contributed by atoms with van der Waals surface area (Å²) in [6.45, 7) is 5.62. The van der Waals surface area contributed by atoms with Crippen LogP contribution in [0.1, 0.15) is 19.4 Å². The maximum Gasteiger partial charge on any atom is 0.449 e. The molecule has 0 amide bonds. The first-order valence-corrected chi connectivity index (χ1v) is 8.66. The monoisotopic (exact) mass is 338 g/mol. The van der Waals surface area contributed by atoms with Crippen molar-refractivity contribution in [3.05, 3.63) is 66.2 Å². The zero-order valence-electron chi connectivity index (χ0n) is 13.3. The first-order valence-electron chi connectivity index (χ1n) is 7.33. The summed E-state index contributed by atoms with van der Waals surface area (Å²) in [4.78, 5) is 0. The van der Waals surface area contributed by atoms with Crippen LogP contribution in [0.25, 0.3) is 0 Å². The molecule has 23 heavy (non-hydrogen) atoms. The lowest BCUT2D eigenvalue weighted by Crippen LogP contribution is -2.13. The van der Waals surface area contributed by atoms with Gasteiger partial charge in [-0.15, -0.1) is 0 Å². The first kappa shape index (κ1) is 19.2. The van der Waals surface area contributed by atoms with E-state index in [9.17, 15) is 8.42 Å². The molecule has 0 bridgehead atoms. The van der Waals surface area contributed by atoms with Gasteiger partial charge in [-0.25, -0.2) is 4.18 Å². The molecule has 6 heteroatoms. The van der Waals surface area contributed by atoms with Crippen LogP contribution in [0.4, 0.5) is 0 Å². The highest BCUT2D eigenvalue weighted by molar-refractivity contribution is 7.82. The van der Waals surface area contributed by atoms with Crippen molar-refractivity contribution in [3.8, 4) is 5.75 Å². The lowest BCUT2D eigenvalue weighted by atomic mass is 10.2. The number of para-hydroxylation sites is 1. The van der Waals surface area contributed by atoms with Gasteiger partial charge in [-0.05, 0) is 31.5 Å². The highest BCUT2D eigenvalue weighted by atomic mass is 32.3. The van der Waals surface area contributed by atoms with Crippen molar-refractivity contribution in [2.24, 2.45) is 0 Å². The Balaban J connectivity index is 0.000000463. The summed E-state index contributed by atoms with van der Waals surface area (Å²) >= 11 is 0. The van der Waals surface area contributed by atoms with Crippen molar-refractivity contribution in [1.82, 2.24) is 0 Å². The van der Waals surface area contributed by atoms with E-state index < -0.39 is 10.4 Å². The van der Waals surface area contributed by atoms with Crippen LogP contribution in [0.3, 0.4) is 0 Å².